The molecule has 1 saturated heterocycles. The van der Waals surface area contributed by atoms with E-state index in [0.29, 0.717) is 5.57 Å². The molecule has 1 heterocycles. The van der Waals surface area contributed by atoms with Crippen molar-refractivity contribution >= 4 is 0 Å². The summed E-state index contributed by atoms with van der Waals surface area (Å²) in [5.41, 5.74) is 0.543. The van der Waals surface area contributed by atoms with Crippen LogP contribution in [0.5, 0.6) is 0 Å². The van der Waals surface area contributed by atoms with E-state index in [9.17, 15) is 4.39 Å². The van der Waals surface area contributed by atoms with Gasteiger partial charge in [-0.15, -0.1) is 0 Å². The van der Waals surface area contributed by atoms with Gasteiger partial charge in [-0.05, 0) is 5.57 Å². The van der Waals surface area contributed by atoms with Crippen molar-refractivity contribution in [3.05, 3.63) is 37.0 Å². The fourth-order valence-electron chi connectivity index (χ4n) is 1.10. The summed E-state index contributed by atoms with van der Waals surface area (Å²) in [7, 11) is 0. The van der Waals surface area contributed by atoms with Crippen molar-refractivity contribution in [1.82, 2.24) is 5.32 Å². The van der Waals surface area contributed by atoms with Gasteiger partial charge in [0.25, 0.3) is 0 Å². The lowest BCUT2D eigenvalue weighted by molar-refractivity contribution is 0.203. The van der Waals surface area contributed by atoms with Gasteiger partial charge in [-0.3, -0.25) is 0 Å². The lowest BCUT2D eigenvalue weighted by Crippen LogP contribution is -2.47. The van der Waals surface area contributed by atoms with E-state index in [0.717, 1.165) is 13.1 Å². The zero-order valence-corrected chi connectivity index (χ0v) is 7.09. The Morgan fingerprint density at radius 2 is 2.25 bits per heavy atom. The lowest BCUT2D eigenvalue weighted by atomic mass is 9.92. The molecule has 1 unspecified atom stereocenters. The van der Waals surface area contributed by atoms with Crippen LogP contribution < -0.4 is 5.32 Å². The van der Waals surface area contributed by atoms with Crippen LogP contribution in [0.2, 0.25) is 0 Å². The average molecular weight is 167 g/mol. The maximum Gasteiger partial charge on any atom is 0.130 e. The van der Waals surface area contributed by atoms with Crippen LogP contribution in [0.3, 0.4) is 0 Å². The van der Waals surface area contributed by atoms with Gasteiger partial charge in [-0.25, -0.2) is 4.39 Å². The number of rotatable bonds is 4. The molecule has 1 N–H and O–H groups in total. The van der Waals surface area contributed by atoms with Gasteiger partial charge in [0.2, 0.25) is 0 Å². The molecule has 0 bridgehead atoms. The van der Waals surface area contributed by atoms with Gasteiger partial charge in [0.05, 0.1) is 0 Å². The van der Waals surface area contributed by atoms with Crippen LogP contribution in [0, 0.1) is 5.92 Å². The van der Waals surface area contributed by atoms with Crippen LogP contribution in [-0.2, 0) is 0 Å². The van der Waals surface area contributed by atoms with Crippen LogP contribution in [0.1, 0.15) is 0 Å². The van der Waals surface area contributed by atoms with E-state index in [1.54, 1.807) is 18.2 Å². The molecule has 1 nitrogen and oxygen atoms in total. The predicted octanol–water partition coefficient (Wildman–Crippen LogP) is 1.84. The van der Waals surface area contributed by atoms with Crippen molar-refractivity contribution in [2.45, 2.75) is 6.17 Å². The summed E-state index contributed by atoms with van der Waals surface area (Å²) in [6.45, 7) is 8.70. The standard InChI is InChI=1S/C10H14FN/c1-3-4-5-8(2)10(11)9-6-12-7-9/h3-5,9-10,12H,1-2,6-7H2/b5-4-. The number of nitrogens with one attached hydrogen (secondary N) is 1. The van der Waals surface area contributed by atoms with Gasteiger partial charge in [-0.2, -0.15) is 0 Å². The van der Waals surface area contributed by atoms with E-state index in [1.165, 1.54) is 0 Å². The fraction of sp³-hybridized carbons (Fsp3) is 0.400. The van der Waals surface area contributed by atoms with Crippen LogP contribution in [-0.4, -0.2) is 19.3 Å². The zero-order valence-electron chi connectivity index (χ0n) is 7.09. The first kappa shape index (κ1) is 9.20. The minimum absolute atomic E-state index is 0.118. The molecule has 1 fully saturated rings. The van der Waals surface area contributed by atoms with Gasteiger partial charge >= 0.3 is 0 Å². The van der Waals surface area contributed by atoms with E-state index >= 15 is 0 Å². The highest BCUT2D eigenvalue weighted by Gasteiger charge is 2.27. The summed E-state index contributed by atoms with van der Waals surface area (Å²) in [4.78, 5) is 0. The van der Waals surface area contributed by atoms with Crippen molar-refractivity contribution < 1.29 is 4.39 Å². The summed E-state index contributed by atoms with van der Waals surface area (Å²) >= 11 is 0. The van der Waals surface area contributed by atoms with E-state index in [-0.39, 0.29) is 5.92 Å². The third-order valence-electron chi connectivity index (χ3n) is 2.03. The van der Waals surface area contributed by atoms with E-state index in [1.807, 2.05) is 0 Å². The second kappa shape index (κ2) is 4.21. The molecule has 0 spiro atoms. The maximum atomic E-state index is 13.3. The number of hydrogen-bond acceptors (Lipinski definition) is 1. The number of allylic oxidation sites excluding steroid dienone is 4. The molecule has 0 amide bonds. The van der Waals surface area contributed by atoms with Crippen molar-refractivity contribution in [3.8, 4) is 0 Å². The van der Waals surface area contributed by atoms with E-state index in [4.69, 9.17) is 0 Å². The minimum Gasteiger partial charge on any atom is -0.316 e. The second-order valence-corrected chi connectivity index (χ2v) is 2.99. The predicted molar refractivity (Wildman–Crippen MR) is 49.7 cm³/mol. The largest absolute Gasteiger partial charge is 0.316 e. The maximum absolute atomic E-state index is 13.3. The van der Waals surface area contributed by atoms with Crippen LogP contribution in [0.25, 0.3) is 0 Å². The quantitative estimate of drug-likeness (QED) is 0.630. The van der Waals surface area contributed by atoms with Gasteiger partial charge in [-0.1, -0.05) is 31.4 Å². The molecular weight excluding hydrogens is 153 g/mol. The monoisotopic (exact) mass is 167 g/mol. The molecule has 1 rings (SSSR count). The molecule has 2 heteroatoms. The Morgan fingerprint density at radius 3 is 2.67 bits per heavy atom. The smallest absolute Gasteiger partial charge is 0.130 e. The number of halogens is 1. The van der Waals surface area contributed by atoms with Gasteiger partial charge in [0.1, 0.15) is 6.17 Å². The van der Waals surface area contributed by atoms with Gasteiger partial charge < -0.3 is 5.32 Å². The van der Waals surface area contributed by atoms with Crippen LogP contribution in [0.4, 0.5) is 4.39 Å². The summed E-state index contributed by atoms with van der Waals surface area (Å²) < 4.78 is 13.3. The van der Waals surface area contributed by atoms with Gasteiger partial charge in [0.15, 0.2) is 0 Å². The first-order chi connectivity index (χ1) is 5.75. The SMILES string of the molecule is C=C/C=C\C(=C)C(F)C1CNC1. The Morgan fingerprint density at radius 1 is 1.58 bits per heavy atom. The summed E-state index contributed by atoms with van der Waals surface area (Å²) in [5.74, 6) is 0.118. The first-order valence-electron chi connectivity index (χ1n) is 4.08. The van der Waals surface area contributed by atoms with Crippen LogP contribution >= 0.6 is 0 Å². The first-order valence-corrected chi connectivity index (χ1v) is 4.08. The van der Waals surface area contributed by atoms with Crippen molar-refractivity contribution in [3.63, 3.8) is 0 Å². The lowest BCUT2D eigenvalue weighted by Gasteiger charge is -2.30. The summed E-state index contributed by atoms with van der Waals surface area (Å²) in [6, 6.07) is 0. The van der Waals surface area contributed by atoms with Crippen LogP contribution in [0.15, 0.2) is 37.0 Å². The van der Waals surface area contributed by atoms with Crippen molar-refractivity contribution in [2.24, 2.45) is 5.92 Å². The van der Waals surface area contributed by atoms with E-state index < -0.39 is 6.17 Å². The molecule has 0 aromatic rings. The van der Waals surface area contributed by atoms with Gasteiger partial charge in [0, 0.05) is 19.0 Å². The normalized spacial score (nSPS) is 20.4. The van der Waals surface area contributed by atoms with Crippen molar-refractivity contribution in [1.29, 1.82) is 0 Å². The van der Waals surface area contributed by atoms with E-state index in [2.05, 4.69) is 18.5 Å². The molecule has 1 aliphatic rings. The highest BCUT2D eigenvalue weighted by Crippen LogP contribution is 2.19. The molecule has 66 valence electrons. The third-order valence-corrected chi connectivity index (χ3v) is 2.03. The highest BCUT2D eigenvalue weighted by atomic mass is 19.1. The Bertz CT molecular complexity index is 204. The number of hydrogen-bond donors (Lipinski definition) is 1. The Labute approximate surface area is 72.7 Å². The minimum atomic E-state index is -0.901. The van der Waals surface area contributed by atoms with Crippen molar-refractivity contribution in [2.75, 3.05) is 13.1 Å². The Balaban J connectivity index is 2.39. The molecule has 0 radical (unpaired) electrons. The molecular formula is C10H14FN. The second-order valence-electron chi connectivity index (χ2n) is 2.99. The fourth-order valence-corrected chi connectivity index (χ4v) is 1.10. The molecule has 1 aliphatic heterocycles. The molecule has 0 aromatic carbocycles. The molecule has 0 aromatic heterocycles. The molecule has 0 saturated carbocycles. The Kier molecular flexibility index (Phi) is 3.23. The average Bonchev–Trinajstić information content (AvgIpc) is 1.96. The molecule has 1 atom stereocenters. The number of alkyl halides is 1. The molecule has 0 aliphatic carbocycles. The highest BCUT2D eigenvalue weighted by molar-refractivity contribution is 5.23. The Hall–Kier alpha value is -0.890. The summed E-state index contributed by atoms with van der Waals surface area (Å²) in [5, 5.41) is 3.03. The zero-order chi connectivity index (χ0) is 8.97. The third kappa shape index (κ3) is 2.05. The molecule has 12 heavy (non-hydrogen) atoms. The summed E-state index contributed by atoms with van der Waals surface area (Å²) in [6.07, 6.45) is 4.11. The topological polar surface area (TPSA) is 12.0 Å².